The predicted octanol–water partition coefficient (Wildman–Crippen LogP) is 5.87. The molecule has 2 nitrogen and oxygen atoms in total. The van der Waals surface area contributed by atoms with Crippen molar-refractivity contribution in [2.75, 3.05) is 19.3 Å². The van der Waals surface area contributed by atoms with E-state index in [2.05, 4.69) is 71.5 Å². The standard InChI is InChI=1S/C25H27FN2S/c1-19-7-9-20(10-8-19)17-27-15-16-28(18-22-5-3-4-6-24(22)26)25(27)21-11-13-23(29-2)14-12-21/h3-14,25H,15-18H2,1-2H3/t25-/m0/s1. The zero-order valence-corrected chi connectivity index (χ0v) is 17.8. The molecule has 0 unspecified atom stereocenters. The molecule has 3 aromatic carbocycles. The van der Waals surface area contributed by atoms with E-state index in [1.165, 1.54) is 21.6 Å². The van der Waals surface area contributed by atoms with Gasteiger partial charge >= 0.3 is 0 Å². The second kappa shape index (κ2) is 9.12. The molecule has 3 aromatic rings. The van der Waals surface area contributed by atoms with E-state index < -0.39 is 0 Å². The lowest BCUT2D eigenvalue weighted by Crippen LogP contribution is -2.30. The minimum atomic E-state index is -0.124. The summed E-state index contributed by atoms with van der Waals surface area (Å²) in [5.41, 5.74) is 4.62. The Morgan fingerprint density at radius 2 is 1.52 bits per heavy atom. The molecule has 0 aliphatic carbocycles. The highest BCUT2D eigenvalue weighted by Gasteiger charge is 2.33. The van der Waals surface area contributed by atoms with E-state index in [1.807, 2.05) is 12.1 Å². The fourth-order valence-electron chi connectivity index (χ4n) is 4.03. The van der Waals surface area contributed by atoms with E-state index in [0.717, 1.165) is 25.2 Å². The first-order chi connectivity index (χ1) is 14.1. The van der Waals surface area contributed by atoms with Crippen LogP contribution in [0.25, 0.3) is 0 Å². The number of nitrogens with zero attached hydrogens (tertiary/aromatic N) is 2. The highest BCUT2D eigenvalue weighted by atomic mass is 32.2. The van der Waals surface area contributed by atoms with Crippen LogP contribution in [0.1, 0.15) is 28.4 Å². The minimum Gasteiger partial charge on any atom is -0.279 e. The molecule has 0 aromatic heterocycles. The van der Waals surface area contributed by atoms with Gasteiger partial charge in [0.1, 0.15) is 5.82 Å². The van der Waals surface area contributed by atoms with E-state index >= 15 is 0 Å². The highest BCUT2D eigenvalue weighted by molar-refractivity contribution is 7.98. The molecule has 1 aliphatic rings. The van der Waals surface area contributed by atoms with Crippen molar-refractivity contribution >= 4 is 11.8 Å². The number of benzene rings is 3. The summed E-state index contributed by atoms with van der Waals surface area (Å²) in [6.45, 7) is 5.52. The lowest BCUT2D eigenvalue weighted by atomic mass is 10.1. The molecule has 0 spiro atoms. The van der Waals surface area contributed by atoms with Gasteiger partial charge in [-0.2, -0.15) is 0 Å². The number of halogens is 1. The molecule has 0 saturated carbocycles. The normalized spacial score (nSPS) is 17.7. The first-order valence-electron chi connectivity index (χ1n) is 10.0. The molecule has 4 heteroatoms. The van der Waals surface area contributed by atoms with E-state index in [9.17, 15) is 4.39 Å². The van der Waals surface area contributed by atoms with Crippen LogP contribution in [0.2, 0.25) is 0 Å². The molecule has 1 fully saturated rings. The number of hydrogen-bond donors (Lipinski definition) is 0. The van der Waals surface area contributed by atoms with Crippen LogP contribution in [-0.4, -0.2) is 29.1 Å². The van der Waals surface area contributed by atoms with Gasteiger partial charge in [-0.1, -0.05) is 60.2 Å². The Kier molecular flexibility index (Phi) is 6.34. The Morgan fingerprint density at radius 3 is 2.17 bits per heavy atom. The van der Waals surface area contributed by atoms with E-state index in [-0.39, 0.29) is 12.0 Å². The molecule has 150 valence electrons. The minimum absolute atomic E-state index is 0.124. The zero-order valence-electron chi connectivity index (χ0n) is 17.0. The number of thioether (sulfide) groups is 1. The second-order valence-electron chi connectivity index (χ2n) is 7.66. The summed E-state index contributed by atoms with van der Waals surface area (Å²) >= 11 is 1.75. The van der Waals surface area contributed by atoms with Gasteiger partial charge in [0.25, 0.3) is 0 Å². The van der Waals surface area contributed by atoms with Crippen molar-refractivity contribution in [1.29, 1.82) is 0 Å². The summed E-state index contributed by atoms with van der Waals surface area (Å²) in [7, 11) is 0. The lowest BCUT2D eigenvalue weighted by Gasteiger charge is -2.31. The van der Waals surface area contributed by atoms with E-state index in [1.54, 1.807) is 23.9 Å². The van der Waals surface area contributed by atoms with E-state index in [4.69, 9.17) is 0 Å². The van der Waals surface area contributed by atoms with Crippen LogP contribution >= 0.6 is 11.8 Å². The van der Waals surface area contributed by atoms with Gasteiger partial charge in [0.2, 0.25) is 0 Å². The van der Waals surface area contributed by atoms with Crippen LogP contribution in [0.5, 0.6) is 0 Å². The summed E-state index contributed by atoms with van der Waals surface area (Å²) < 4.78 is 14.3. The molecule has 1 aliphatic heterocycles. The van der Waals surface area contributed by atoms with Crippen LogP contribution in [0, 0.1) is 12.7 Å². The van der Waals surface area contributed by atoms with E-state index in [0.29, 0.717) is 6.54 Å². The van der Waals surface area contributed by atoms with Crippen LogP contribution in [0.3, 0.4) is 0 Å². The molecule has 0 N–H and O–H groups in total. The van der Waals surface area contributed by atoms with Crippen molar-refractivity contribution in [2.45, 2.75) is 31.1 Å². The summed E-state index contributed by atoms with van der Waals surface area (Å²) in [5.74, 6) is -0.124. The number of hydrogen-bond acceptors (Lipinski definition) is 3. The molecule has 29 heavy (non-hydrogen) atoms. The highest BCUT2D eigenvalue weighted by Crippen LogP contribution is 2.34. The maximum Gasteiger partial charge on any atom is 0.127 e. The van der Waals surface area contributed by atoms with Crippen LogP contribution in [0.15, 0.2) is 77.7 Å². The van der Waals surface area contributed by atoms with Crippen LogP contribution in [-0.2, 0) is 13.1 Å². The lowest BCUT2D eigenvalue weighted by molar-refractivity contribution is 0.124. The Balaban J connectivity index is 1.61. The Hall–Kier alpha value is -2.14. The third kappa shape index (κ3) is 4.72. The molecule has 1 heterocycles. The maximum atomic E-state index is 14.3. The smallest absolute Gasteiger partial charge is 0.127 e. The largest absolute Gasteiger partial charge is 0.279 e. The van der Waals surface area contributed by atoms with Gasteiger partial charge < -0.3 is 0 Å². The SMILES string of the molecule is CSc1ccc([C@H]2N(Cc3ccc(C)cc3)CCN2Cc2ccccc2F)cc1. The van der Waals surface area contributed by atoms with Crippen molar-refractivity contribution in [3.8, 4) is 0 Å². The van der Waals surface area contributed by atoms with Crippen molar-refractivity contribution in [3.05, 3.63) is 101 Å². The molecular weight excluding hydrogens is 379 g/mol. The number of aryl methyl sites for hydroxylation is 1. The van der Waals surface area contributed by atoms with Crippen molar-refractivity contribution in [3.63, 3.8) is 0 Å². The molecule has 4 rings (SSSR count). The van der Waals surface area contributed by atoms with Gasteiger partial charge in [0.15, 0.2) is 0 Å². The maximum absolute atomic E-state index is 14.3. The third-order valence-electron chi connectivity index (χ3n) is 5.62. The Labute approximate surface area is 177 Å². The molecule has 0 amide bonds. The summed E-state index contributed by atoms with van der Waals surface area (Å²) in [4.78, 5) is 6.15. The van der Waals surface area contributed by atoms with Gasteiger partial charge in [-0.25, -0.2) is 4.39 Å². The molecule has 0 bridgehead atoms. The average Bonchev–Trinajstić information content (AvgIpc) is 3.13. The van der Waals surface area contributed by atoms with Gasteiger partial charge in [-0.15, -0.1) is 11.8 Å². The van der Waals surface area contributed by atoms with Gasteiger partial charge in [0, 0.05) is 36.6 Å². The molecule has 1 atom stereocenters. The van der Waals surface area contributed by atoms with Gasteiger partial charge in [-0.3, -0.25) is 9.80 Å². The monoisotopic (exact) mass is 406 g/mol. The Morgan fingerprint density at radius 1 is 0.862 bits per heavy atom. The first-order valence-corrected chi connectivity index (χ1v) is 11.3. The fraction of sp³-hybridized carbons (Fsp3) is 0.280. The molecule has 1 saturated heterocycles. The number of rotatable bonds is 6. The molecule has 0 radical (unpaired) electrons. The average molecular weight is 407 g/mol. The summed E-state index contributed by atoms with van der Waals surface area (Å²) in [6, 6.07) is 24.7. The van der Waals surface area contributed by atoms with Crippen LogP contribution < -0.4 is 0 Å². The topological polar surface area (TPSA) is 6.48 Å². The Bertz CT molecular complexity index is 940. The van der Waals surface area contributed by atoms with Crippen molar-refractivity contribution < 1.29 is 4.39 Å². The summed E-state index contributed by atoms with van der Waals surface area (Å²) in [6.07, 6.45) is 2.24. The zero-order chi connectivity index (χ0) is 20.2. The summed E-state index contributed by atoms with van der Waals surface area (Å²) in [5, 5.41) is 0. The first kappa shape index (κ1) is 20.1. The fourth-order valence-corrected chi connectivity index (χ4v) is 4.44. The van der Waals surface area contributed by atoms with Gasteiger partial charge in [-0.05, 0) is 42.5 Å². The quantitative estimate of drug-likeness (QED) is 0.473. The van der Waals surface area contributed by atoms with Gasteiger partial charge in [0.05, 0.1) is 6.17 Å². The second-order valence-corrected chi connectivity index (χ2v) is 8.54. The predicted molar refractivity (Wildman–Crippen MR) is 119 cm³/mol. The molecular formula is C25H27FN2S. The van der Waals surface area contributed by atoms with Crippen LogP contribution in [0.4, 0.5) is 4.39 Å². The van der Waals surface area contributed by atoms with Crippen molar-refractivity contribution in [1.82, 2.24) is 9.80 Å². The van der Waals surface area contributed by atoms with Crippen molar-refractivity contribution in [2.24, 2.45) is 0 Å². The third-order valence-corrected chi connectivity index (χ3v) is 6.36.